The molecule has 6 aromatic carbocycles. The molecule has 0 aliphatic rings. The summed E-state index contributed by atoms with van der Waals surface area (Å²) in [6, 6.07) is 41.4. The lowest BCUT2D eigenvalue weighted by Gasteiger charge is -2.22. The Labute approximate surface area is 254 Å². The molecule has 0 bridgehead atoms. The van der Waals surface area contributed by atoms with Crippen LogP contribution in [0.15, 0.2) is 127 Å². The lowest BCUT2D eigenvalue weighted by Crippen LogP contribution is -2.12. The summed E-state index contributed by atoms with van der Waals surface area (Å²) >= 11 is 0. The van der Waals surface area contributed by atoms with E-state index in [1.807, 2.05) is 48.5 Å². The Morgan fingerprint density at radius 2 is 1.05 bits per heavy atom. The van der Waals surface area contributed by atoms with E-state index in [1.165, 1.54) is 17.7 Å². The first-order valence-corrected chi connectivity index (χ1v) is 14.9. The highest BCUT2D eigenvalue weighted by atomic mass is 19.1. The summed E-state index contributed by atoms with van der Waals surface area (Å²) in [7, 11) is 0. The number of rotatable bonds is 3. The summed E-state index contributed by atoms with van der Waals surface area (Å²) < 4.78 is 34.1. The van der Waals surface area contributed by atoms with Crippen molar-refractivity contribution in [1.29, 1.82) is 0 Å². The number of hydrogen-bond donors (Lipinski definition) is 0. The fraction of sp³-hybridized carbons (Fsp3) is 0.100. The largest absolute Gasteiger partial charge is 0.307 e. The topological polar surface area (TPSA) is 9.86 Å². The van der Waals surface area contributed by atoms with E-state index in [4.69, 9.17) is 0 Å². The van der Waals surface area contributed by atoms with Gasteiger partial charge in [0.2, 0.25) is 0 Å². The van der Waals surface area contributed by atoms with Gasteiger partial charge >= 0.3 is 0 Å². The Kier molecular flexibility index (Phi) is 5.79. The van der Waals surface area contributed by atoms with Crippen molar-refractivity contribution in [2.45, 2.75) is 26.2 Å². The first-order valence-electron chi connectivity index (χ1n) is 14.9. The summed E-state index contributed by atoms with van der Waals surface area (Å²) in [6.07, 6.45) is 0. The second-order valence-electron chi connectivity index (χ2n) is 12.6. The molecule has 2 heterocycles. The number of para-hydroxylation sites is 1. The van der Waals surface area contributed by atoms with Crippen molar-refractivity contribution >= 4 is 43.6 Å². The summed E-state index contributed by atoms with van der Waals surface area (Å²) in [6.45, 7) is 6.67. The predicted octanol–water partition coefficient (Wildman–Crippen LogP) is 11.1. The van der Waals surface area contributed by atoms with Gasteiger partial charge in [-0.2, -0.15) is 0 Å². The van der Waals surface area contributed by atoms with Crippen LogP contribution >= 0.6 is 0 Å². The zero-order valence-corrected chi connectivity index (χ0v) is 24.8. The molecule has 0 N–H and O–H groups in total. The Morgan fingerprint density at radius 3 is 1.75 bits per heavy atom. The Morgan fingerprint density at radius 1 is 0.455 bits per heavy atom. The van der Waals surface area contributed by atoms with Crippen LogP contribution in [0.1, 0.15) is 26.3 Å². The molecular formula is C40H30F2N2. The lowest BCUT2D eigenvalue weighted by molar-refractivity contribution is 0.590. The first kappa shape index (κ1) is 26.4. The third kappa shape index (κ3) is 4.05. The van der Waals surface area contributed by atoms with Crippen molar-refractivity contribution in [2.75, 3.05) is 0 Å². The third-order valence-corrected chi connectivity index (χ3v) is 8.74. The third-order valence-electron chi connectivity index (χ3n) is 8.74. The maximum Gasteiger partial charge on any atom is 0.125 e. The molecule has 0 unspecified atom stereocenters. The van der Waals surface area contributed by atoms with Gasteiger partial charge in [0.25, 0.3) is 0 Å². The Bertz CT molecular complexity index is 2370. The average molecular weight is 577 g/mol. The van der Waals surface area contributed by atoms with Crippen molar-refractivity contribution in [2.24, 2.45) is 0 Å². The highest BCUT2D eigenvalue weighted by molar-refractivity contribution is 6.23. The van der Waals surface area contributed by atoms with E-state index in [0.717, 1.165) is 66.1 Å². The average Bonchev–Trinajstić information content (AvgIpc) is 3.53. The minimum atomic E-state index is -0.290. The summed E-state index contributed by atoms with van der Waals surface area (Å²) in [4.78, 5) is 0. The van der Waals surface area contributed by atoms with Crippen LogP contribution in [0.4, 0.5) is 8.78 Å². The van der Waals surface area contributed by atoms with Gasteiger partial charge in [0.1, 0.15) is 11.6 Å². The van der Waals surface area contributed by atoms with Gasteiger partial charge in [-0.3, -0.25) is 0 Å². The van der Waals surface area contributed by atoms with Crippen LogP contribution < -0.4 is 0 Å². The van der Waals surface area contributed by atoms with Crippen molar-refractivity contribution in [3.63, 3.8) is 0 Å². The number of halogens is 2. The van der Waals surface area contributed by atoms with Crippen LogP contribution in [0.2, 0.25) is 0 Å². The highest BCUT2D eigenvalue weighted by Crippen LogP contribution is 2.43. The Hall–Kier alpha value is -5.22. The van der Waals surface area contributed by atoms with Gasteiger partial charge < -0.3 is 9.13 Å². The molecule has 214 valence electrons. The molecule has 0 radical (unpaired) electrons. The highest BCUT2D eigenvalue weighted by Gasteiger charge is 2.23. The van der Waals surface area contributed by atoms with Gasteiger partial charge in [0, 0.05) is 32.9 Å². The zero-order chi connectivity index (χ0) is 30.2. The van der Waals surface area contributed by atoms with E-state index in [0.29, 0.717) is 0 Å². The fourth-order valence-corrected chi connectivity index (χ4v) is 6.63. The van der Waals surface area contributed by atoms with Gasteiger partial charge in [-0.05, 0) is 82.8 Å². The molecule has 8 aromatic rings. The molecule has 0 saturated heterocycles. The molecule has 0 saturated carbocycles. The van der Waals surface area contributed by atoms with Gasteiger partial charge in [-0.25, -0.2) is 8.78 Å². The van der Waals surface area contributed by atoms with E-state index >= 15 is 0 Å². The minimum Gasteiger partial charge on any atom is -0.307 e. The van der Waals surface area contributed by atoms with Gasteiger partial charge in [0.15, 0.2) is 0 Å². The standard InChI is InChI=1S/C40H30F2N2/c1-40(2,3)27-20-26(25-10-6-4-7-11-25)21-31(22-27)44-36-19-15-28(41)23-35(36)34-18-17-33-32-16-14-29(42)24-37(32)43(38(33)39(34)44)30-12-8-5-9-13-30/h4-24H,1-3H3. The molecule has 2 aromatic heterocycles. The molecule has 8 rings (SSSR count). The molecule has 0 atom stereocenters. The molecule has 4 heteroatoms. The number of aromatic nitrogens is 2. The van der Waals surface area contributed by atoms with Crippen molar-refractivity contribution < 1.29 is 8.78 Å². The summed E-state index contributed by atoms with van der Waals surface area (Å²) in [5.74, 6) is -0.572. The minimum absolute atomic E-state index is 0.115. The van der Waals surface area contributed by atoms with E-state index in [-0.39, 0.29) is 17.0 Å². The molecule has 0 aliphatic heterocycles. The molecular weight excluding hydrogens is 546 g/mol. The lowest BCUT2D eigenvalue weighted by atomic mass is 9.85. The number of nitrogens with zero attached hydrogens (tertiary/aromatic N) is 2. The van der Waals surface area contributed by atoms with Crippen LogP contribution in [0.5, 0.6) is 0 Å². The van der Waals surface area contributed by atoms with Crippen LogP contribution in [-0.2, 0) is 5.41 Å². The zero-order valence-electron chi connectivity index (χ0n) is 24.8. The summed E-state index contributed by atoms with van der Waals surface area (Å²) in [5.41, 5.74) is 8.86. The predicted molar refractivity (Wildman–Crippen MR) is 179 cm³/mol. The quantitative estimate of drug-likeness (QED) is 0.198. The molecule has 0 aliphatic carbocycles. The fourth-order valence-electron chi connectivity index (χ4n) is 6.63. The second-order valence-corrected chi connectivity index (χ2v) is 12.6. The maximum absolute atomic E-state index is 14.9. The van der Waals surface area contributed by atoms with Crippen molar-refractivity contribution in [3.05, 3.63) is 145 Å². The monoisotopic (exact) mass is 576 g/mol. The van der Waals surface area contributed by atoms with E-state index in [1.54, 1.807) is 12.1 Å². The van der Waals surface area contributed by atoms with Gasteiger partial charge in [0.05, 0.1) is 22.1 Å². The second kappa shape index (κ2) is 9.65. The first-order chi connectivity index (χ1) is 21.3. The molecule has 0 fully saturated rings. The Balaban J connectivity index is 1.60. The normalized spacial score (nSPS) is 12.2. The molecule has 0 amide bonds. The van der Waals surface area contributed by atoms with E-state index in [2.05, 4.69) is 84.5 Å². The van der Waals surface area contributed by atoms with Crippen LogP contribution in [0.3, 0.4) is 0 Å². The maximum atomic E-state index is 14.9. The van der Waals surface area contributed by atoms with Gasteiger partial charge in [-0.1, -0.05) is 87.5 Å². The van der Waals surface area contributed by atoms with E-state index < -0.39 is 0 Å². The van der Waals surface area contributed by atoms with Crippen molar-refractivity contribution in [3.8, 4) is 22.5 Å². The van der Waals surface area contributed by atoms with Crippen LogP contribution in [0.25, 0.3) is 66.1 Å². The molecule has 44 heavy (non-hydrogen) atoms. The van der Waals surface area contributed by atoms with Crippen molar-refractivity contribution in [1.82, 2.24) is 9.13 Å². The smallest absolute Gasteiger partial charge is 0.125 e. The van der Waals surface area contributed by atoms with Crippen LogP contribution in [-0.4, -0.2) is 9.13 Å². The van der Waals surface area contributed by atoms with Gasteiger partial charge in [-0.15, -0.1) is 0 Å². The number of hydrogen-bond acceptors (Lipinski definition) is 0. The number of fused-ring (bicyclic) bond motifs is 7. The molecule has 0 spiro atoms. The SMILES string of the molecule is CC(C)(C)c1cc(-c2ccccc2)cc(-n2c3ccc(F)cc3c3ccc4c5ccc(F)cc5n(-c5ccccc5)c4c32)c1. The number of benzene rings is 6. The summed E-state index contributed by atoms with van der Waals surface area (Å²) in [5, 5.41) is 3.75. The molecule has 2 nitrogen and oxygen atoms in total. The van der Waals surface area contributed by atoms with Crippen LogP contribution in [0, 0.1) is 11.6 Å². The van der Waals surface area contributed by atoms with E-state index in [9.17, 15) is 8.78 Å².